The van der Waals surface area contributed by atoms with Gasteiger partial charge in [0, 0.05) is 6.92 Å². The lowest BCUT2D eigenvalue weighted by Crippen LogP contribution is -2.35. The molecule has 0 aromatic rings. The lowest BCUT2D eigenvalue weighted by atomic mass is 9.89. The summed E-state index contributed by atoms with van der Waals surface area (Å²) in [5.74, 6) is -0.409. The van der Waals surface area contributed by atoms with Gasteiger partial charge in [-0.05, 0) is 32.4 Å². The summed E-state index contributed by atoms with van der Waals surface area (Å²) < 4.78 is 4.83. The van der Waals surface area contributed by atoms with E-state index < -0.39 is 22.7 Å². The molecule has 1 unspecified atom stereocenters. The Bertz CT molecular complexity index is 198. The molecule has 0 aliphatic heterocycles. The van der Waals surface area contributed by atoms with E-state index in [1.54, 1.807) is 20.8 Å². The van der Waals surface area contributed by atoms with Gasteiger partial charge in [-0.25, -0.2) is 0 Å². The molecule has 0 spiro atoms. The van der Waals surface area contributed by atoms with Crippen molar-refractivity contribution in [2.75, 3.05) is 0 Å². The number of ether oxygens (including phenoxy) is 1. The fraction of sp³-hybridized carbons (Fsp3) is 0.750. The largest absolute Gasteiger partial charge is 0.462 e. The summed E-state index contributed by atoms with van der Waals surface area (Å²) in [6, 6.07) is 0. The molecule has 0 bridgehead atoms. The number of hydrogen-bond donors (Lipinski definition) is 0. The molecule has 0 aliphatic carbocycles. The van der Waals surface area contributed by atoms with Crippen LogP contribution in [0.15, 0.2) is 0 Å². The third-order valence-corrected chi connectivity index (χ3v) is 2.35. The van der Waals surface area contributed by atoms with E-state index in [0.29, 0.717) is 0 Å². The Morgan fingerprint density at radius 2 is 1.83 bits per heavy atom. The predicted molar refractivity (Wildman–Crippen MR) is 45.9 cm³/mol. The molecule has 0 fully saturated rings. The minimum Gasteiger partial charge on any atom is -0.462 e. The van der Waals surface area contributed by atoms with E-state index in [4.69, 9.17) is 16.3 Å². The Morgan fingerprint density at radius 1 is 1.42 bits per heavy atom. The van der Waals surface area contributed by atoms with Gasteiger partial charge in [-0.2, -0.15) is 0 Å². The first-order valence-electron chi connectivity index (χ1n) is 3.65. The van der Waals surface area contributed by atoms with E-state index in [0.717, 1.165) is 0 Å². The first-order valence-corrected chi connectivity index (χ1v) is 4.03. The summed E-state index contributed by atoms with van der Waals surface area (Å²) >= 11 is 5.32. The Balaban J connectivity index is 4.35. The van der Waals surface area contributed by atoms with E-state index in [1.165, 1.54) is 6.92 Å². The summed E-state index contributed by atoms with van der Waals surface area (Å²) in [4.78, 5) is 21.4. The molecule has 0 aromatic carbocycles. The smallest absolute Gasteiger partial charge is 0.302 e. The van der Waals surface area contributed by atoms with Crippen LogP contribution >= 0.6 is 11.6 Å². The van der Waals surface area contributed by atoms with Crippen molar-refractivity contribution in [1.82, 2.24) is 0 Å². The molecule has 0 radical (unpaired) electrons. The van der Waals surface area contributed by atoms with Crippen molar-refractivity contribution in [1.29, 1.82) is 0 Å². The second-order valence-electron chi connectivity index (χ2n) is 3.25. The Labute approximate surface area is 77.0 Å². The monoisotopic (exact) mass is 192 g/mol. The Morgan fingerprint density at radius 3 is 2.08 bits per heavy atom. The van der Waals surface area contributed by atoms with E-state index in [1.807, 2.05) is 0 Å². The Hall–Kier alpha value is -0.570. The molecular formula is C8H13ClO3. The summed E-state index contributed by atoms with van der Waals surface area (Å²) in [7, 11) is 0. The number of halogens is 1. The number of hydrogen-bond acceptors (Lipinski definition) is 3. The van der Waals surface area contributed by atoms with Gasteiger partial charge < -0.3 is 4.74 Å². The third kappa shape index (κ3) is 2.81. The van der Waals surface area contributed by atoms with Gasteiger partial charge in [0.15, 0.2) is 0 Å². The zero-order chi connectivity index (χ0) is 9.94. The van der Waals surface area contributed by atoms with Crippen LogP contribution in [0, 0.1) is 5.41 Å². The van der Waals surface area contributed by atoms with Crippen molar-refractivity contribution in [3.05, 3.63) is 0 Å². The molecule has 70 valence electrons. The van der Waals surface area contributed by atoms with Crippen LogP contribution < -0.4 is 0 Å². The van der Waals surface area contributed by atoms with Gasteiger partial charge in [-0.15, -0.1) is 0 Å². The zero-order valence-electron chi connectivity index (χ0n) is 7.68. The molecule has 4 heteroatoms. The van der Waals surface area contributed by atoms with E-state index >= 15 is 0 Å². The molecule has 12 heavy (non-hydrogen) atoms. The second-order valence-corrected chi connectivity index (χ2v) is 3.59. The van der Waals surface area contributed by atoms with Crippen LogP contribution in [0.2, 0.25) is 0 Å². The van der Waals surface area contributed by atoms with Gasteiger partial charge in [-0.3, -0.25) is 9.59 Å². The van der Waals surface area contributed by atoms with Crippen molar-refractivity contribution in [2.24, 2.45) is 5.41 Å². The van der Waals surface area contributed by atoms with Crippen molar-refractivity contribution < 1.29 is 14.3 Å². The second kappa shape index (κ2) is 3.90. The van der Waals surface area contributed by atoms with Gasteiger partial charge in [0.25, 0.3) is 0 Å². The highest BCUT2D eigenvalue weighted by molar-refractivity contribution is 6.64. The minimum absolute atomic E-state index is 0.409. The maximum absolute atomic E-state index is 10.9. The summed E-state index contributed by atoms with van der Waals surface area (Å²) in [5, 5.41) is -0.503. The third-order valence-electron chi connectivity index (χ3n) is 1.87. The van der Waals surface area contributed by atoms with Gasteiger partial charge in [0.1, 0.15) is 6.10 Å². The quantitative estimate of drug-likeness (QED) is 0.505. The fourth-order valence-corrected chi connectivity index (χ4v) is 0.710. The number of carbonyl (C=O) groups excluding carboxylic acids is 2. The Kier molecular flexibility index (Phi) is 3.71. The van der Waals surface area contributed by atoms with Gasteiger partial charge in [-0.1, -0.05) is 0 Å². The molecule has 0 rings (SSSR count). The molecule has 1 atom stereocenters. The average Bonchev–Trinajstić information content (AvgIpc) is 1.85. The van der Waals surface area contributed by atoms with Crippen molar-refractivity contribution >= 4 is 22.8 Å². The van der Waals surface area contributed by atoms with E-state index in [-0.39, 0.29) is 0 Å². The molecule has 3 nitrogen and oxygen atoms in total. The summed E-state index contributed by atoms with van der Waals surface area (Å²) in [5.41, 5.74) is -0.826. The molecule has 0 saturated carbocycles. The number of esters is 1. The molecule has 0 saturated heterocycles. The highest BCUT2D eigenvalue weighted by atomic mass is 35.5. The zero-order valence-corrected chi connectivity index (χ0v) is 8.44. The van der Waals surface area contributed by atoms with Gasteiger partial charge >= 0.3 is 5.97 Å². The molecular weight excluding hydrogens is 180 g/mol. The van der Waals surface area contributed by atoms with Crippen LogP contribution in [-0.2, 0) is 14.3 Å². The number of carbonyl (C=O) groups is 2. The molecule has 0 aromatic heterocycles. The summed E-state index contributed by atoms with van der Waals surface area (Å²) in [6.07, 6.45) is -0.500. The standard InChI is InChI=1S/C8H13ClO3/c1-5(12-6(2)10)8(3,4)7(9)11/h5H,1-4H3. The van der Waals surface area contributed by atoms with Crippen LogP contribution in [0.1, 0.15) is 27.7 Å². The van der Waals surface area contributed by atoms with Gasteiger partial charge in [0.2, 0.25) is 5.24 Å². The van der Waals surface area contributed by atoms with Crippen LogP contribution in [0.4, 0.5) is 0 Å². The van der Waals surface area contributed by atoms with E-state index in [2.05, 4.69) is 0 Å². The average molecular weight is 193 g/mol. The lowest BCUT2D eigenvalue weighted by molar-refractivity contribution is -0.152. The highest BCUT2D eigenvalue weighted by Crippen LogP contribution is 2.26. The van der Waals surface area contributed by atoms with Crippen molar-refractivity contribution in [2.45, 2.75) is 33.8 Å². The predicted octanol–water partition coefficient (Wildman–Crippen LogP) is 1.73. The maximum Gasteiger partial charge on any atom is 0.302 e. The van der Waals surface area contributed by atoms with Crippen molar-refractivity contribution in [3.8, 4) is 0 Å². The normalized spacial score (nSPS) is 13.8. The van der Waals surface area contributed by atoms with Crippen LogP contribution in [0.25, 0.3) is 0 Å². The lowest BCUT2D eigenvalue weighted by Gasteiger charge is -2.26. The van der Waals surface area contributed by atoms with Crippen LogP contribution in [0.3, 0.4) is 0 Å². The fourth-order valence-electron chi connectivity index (χ4n) is 0.556. The highest BCUT2D eigenvalue weighted by Gasteiger charge is 2.34. The molecule has 0 N–H and O–H groups in total. The molecule has 0 heterocycles. The molecule has 0 aliphatic rings. The van der Waals surface area contributed by atoms with Crippen LogP contribution in [0.5, 0.6) is 0 Å². The van der Waals surface area contributed by atoms with Gasteiger partial charge in [0.05, 0.1) is 5.41 Å². The number of rotatable bonds is 3. The SMILES string of the molecule is CC(=O)OC(C)C(C)(C)C(=O)Cl. The van der Waals surface area contributed by atoms with Crippen molar-refractivity contribution in [3.63, 3.8) is 0 Å². The van der Waals surface area contributed by atoms with E-state index in [9.17, 15) is 9.59 Å². The first kappa shape index (κ1) is 11.4. The first-order chi connectivity index (χ1) is 5.28. The summed E-state index contributed by atoms with van der Waals surface area (Å²) in [6.45, 7) is 6.21. The minimum atomic E-state index is -0.826. The molecule has 0 amide bonds. The topological polar surface area (TPSA) is 43.4 Å². The van der Waals surface area contributed by atoms with Crippen LogP contribution in [-0.4, -0.2) is 17.3 Å². The maximum atomic E-state index is 10.9.